The third kappa shape index (κ3) is 2.86. The van der Waals surface area contributed by atoms with Crippen LogP contribution in [-0.2, 0) is 16.0 Å². The number of fused-ring (bicyclic) bond motifs is 1. The van der Waals surface area contributed by atoms with Crippen LogP contribution in [0.2, 0.25) is 0 Å². The summed E-state index contributed by atoms with van der Waals surface area (Å²) < 4.78 is 12.0. The Kier molecular flexibility index (Phi) is 4.07. The Hall–Kier alpha value is -1.29. The van der Waals surface area contributed by atoms with Gasteiger partial charge in [-0.15, -0.1) is 0 Å². The Labute approximate surface area is 132 Å². The molecule has 0 spiro atoms. The summed E-state index contributed by atoms with van der Waals surface area (Å²) in [6.45, 7) is 0. The van der Waals surface area contributed by atoms with Crippen LogP contribution in [0, 0.1) is 5.41 Å². The lowest BCUT2D eigenvalue weighted by Gasteiger charge is -2.33. The van der Waals surface area contributed by atoms with E-state index in [1.54, 1.807) is 0 Å². The average Bonchev–Trinajstić information content (AvgIpc) is 2.88. The van der Waals surface area contributed by atoms with Gasteiger partial charge in [-0.05, 0) is 37.1 Å². The molecule has 1 aromatic carbocycles. The van der Waals surface area contributed by atoms with Crippen LogP contribution in [0.3, 0.4) is 0 Å². The van der Waals surface area contributed by atoms with Crippen LogP contribution < -0.4 is 0 Å². The number of carbonyl (C=O) groups is 1. The summed E-state index contributed by atoms with van der Waals surface area (Å²) in [6.07, 6.45) is 5.78. The Bertz CT molecular complexity index is 653. The summed E-state index contributed by atoms with van der Waals surface area (Å²) in [4.78, 5) is 12.3. The number of ether oxygens (including phenoxy) is 1. The predicted octanol–water partition coefficient (Wildman–Crippen LogP) is 4.86. The molecule has 112 valence electrons. The molecule has 0 unspecified atom stereocenters. The van der Waals surface area contributed by atoms with Crippen molar-refractivity contribution in [3.8, 4) is 0 Å². The maximum atomic E-state index is 12.3. The number of hydrogen-bond acceptors (Lipinski definition) is 3. The van der Waals surface area contributed by atoms with Crippen LogP contribution in [0.25, 0.3) is 11.0 Å². The molecule has 1 aliphatic carbocycles. The van der Waals surface area contributed by atoms with Crippen LogP contribution >= 0.6 is 15.9 Å². The quantitative estimate of drug-likeness (QED) is 0.742. The smallest absolute Gasteiger partial charge is 0.312 e. The Balaban J connectivity index is 1.91. The molecule has 0 saturated heterocycles. The van der Waals surface area contributed by atoms with Crippen molar-refractivity contribution in [2.75, 3.05) is 7.11 Å². The maximum Gasteiger partial charge on any atom is 0.312 e. The highest BCUT2D eigenvalue weighted by Crippen LogP contribution is 2.41. The molecule has 0 amide bonds. The summed E-state index contributed by atoms with van der Waals surface area (Å²) in [6, 6.07) is 7.99. The van der Waals surface area contributed by atoms with Gasteiger partial charge in [0.15, 0.2) is 0 Å². The Morgan fingerprint density at radius 2 is 2.05 bits per heavy atom. The van der Waals surface area contributed by atoms with Gasteiger partial charge in [-0.25, -0.2) is 0 Å². The standard InChI is InChI=1S/C17H19BrO3/c1-20-16(19)17(7-3-2-4-8-17)11-14-10-12-9-13(18)5-6-15(12)21-14/h5-6,9-10H,2-4,7-8,11H2,1H3. The van der Waals surface area contributed by atoms with Gasteiger partial charge in [-0.2, -0.15) is 0 Å². The molecule has 0 bridgehead atoms. The van der Waals surface area contributed by atoms with Crippen molar-refractivity contribution in [3.05, 3.63) is 34.5 Å². The van der Waals surface area contributed by atoms with Crippen molar-refractivity contribution in [2.45, 2.75) is 38.5 Å². The third-order valence-electron chi connectivity index (χ3n) is 4.47. The van der Waals surface area contributed by atoms with E-state index in [0.29, 0.717) is 6.42 Å². The summed E-state index contributed by atoms with van der Waals surface area (Å²) in [5.41, 5.74) is 0.460. The lowest BCUT2D eigenvalue weighted by atomic mass is 9.71. The van der Waals surface area contributed by atoms with Crippen molar-refractivity contribution < 1.29 is 13.9 Å². The zero-order valence-electron chi connectivity index (χ0n) is 12.2. The van der Waals surface area contributed by atoms with E-state index in [4.69, 9.17) is 9.15 Å². The second-order valence-electron chi connectivity index (χ2n) is 5.90. The molecule has 3 nitrogen and oxygen atoms in total. The van der Waals surface area contributed by atoms with E-state index in [0.717, 1.165) is 46.9 Å². The maximum absolute atomic E-state index is 12.3. The highest BCUT2D eigenvalue weighted by Gasteiger charge is 2.41. The minimum atomic E-state index is -0.405. The van der Waals surface area contributed by atoms with Crippen LogP contribution in [0.1, 0.15) is 37.9 Å². The molecule has 21 heavy (non-hydrogen) atoms. The van der Waals surface area contributed by atoms with Gasteiger partial charge < -0.3 is 9.15 Å². The molecule has 3 rings (SSSR count). The zero-order chi connectivity index (χ0) is 14.9. The lowest BCUT2D eigenvalue weighted by molar-refractivity contribution is -0.155. The van der Waals surface area contributed by atoms with Crippen molar-refractivity contribution in [1.82, 2.24) is 0 Å². The number of hydrogen-bond donors (Lipinski definition) is 0. The minimum absolute atomic E-state index is 0.0937. The summed E-state index contributed by atoms with van der Waals surface area (Å²) in [5.74, 6) is 0.777. The van der Waals surface area contributed by atoms with E-state index in [1.807, 2.05) is 24.3 Å². The van der Waals surface area contributed by atoms with Crippen molar-refractivity contribution in [2.24, 2.45) is 5.41 Å². The predicted molar refractivity (Wildman–Crippen MR) is 85.2 cm³/mol. The molecule has 2 aromatic rings. The first kappa shape index (κ1) is 14.6. The monoisotopic (exact) mass is 350 g/mol. The molecule has 4 heteroatoms. The third-order valence-corrected chi connectivity index (χ3v) is 4.96. The first-order valence-corrected chi connectivity index (χ1v) is 8.19. The second-order valence-corrected chi connectivity index (χ2v) is 6.82. The minimum Gasteiger partial charge on any atom is -0.469 e. The van der Waals surface area contributed by atoms with Gasteiger partial charge in [0.1, 0.15) is 11.3 Å². The molecule has 1 heterocycles. The van der Waals surface area contributed by atoms with Gasteiger partial charge in [0, 0.05) is 16.3 Å². The second kappa shape index (κ2) is 5.84. The normalized spacial score (nSPS) is 17.8. The number of furan rings is 1. The summed E-state index contributed by atoms with van der Waals surface area (Å²) in [7, 11) is 1.48. The van der Waals surface area contributed by atoms with Gasteiger partial charge in [-0.1, -0.05) is 35.2 Å². The fourth-order valence-corrected chi connectivity index (χ4v) is 3.77. The van der Waals surface area contributed by atoms with Crippen molar-refractivity contribution in [1.29, 1.82) is 0 Å². The van der Waals surface area contributed by atoms with Gasteiger partial charge in [-0.3, -0.25) is 4.79 Å². The zero-order valence-corrected chi connectivity index (χ0v) is 13.7. The molecule has 1 saturated carbocycles. The van der Waals surface area contributed by atoms with E-state index >= 15 is 0 Å². The molecule has 0 radical (unpaired) electrons. The number of esters is 1. The first-order chi connectivity index (χ1) is 10.1. The van der Waals surface area contributed by atoms with Gasteiger partial charge >= 0.3 is 5.97 Å². The highest BCUT2D eigenvalue weighted by molar-refractivity contribution is 9.10. The van der Waals surface area contributed by atoms with Gasteiger partial charge in [0.2, 0.25) is 0 Å². The molecular formula is C17H19BrO3. The number of methoxy groups -OCH3 is 1. The summed E-state index contributed by atoms with van der Waals surface area (Å²) in [5, 5.41) is 1.07. The van der Waals surface area contributed by atoms with E-state index in [2.05, 4.69) is 15.9 Å². The number of carbonyl (C=O) groups excluding carboxylic acids is 1. The topological polar surface area (TPSA) is 39.4 Å². The van der Waals surface area contributed by atoms with Gasteiger partial charge in [0.05, 0.1) is 12.5 Å². The van der Waals surface area contributed by atoms with E-state index < -0.39 is 5.41 Å². The van der Waals surface area contributed by atoms with Crippen LogP contribution in [-0.4, -0.2) is 13.1 Å². The number of benzene rings is 1. The van der Waals surface area contributed by atoms with Crippen LogP contribution in [0.5, 0.6) is 0 Å². The molecule has 1 aromatic heterocycles. The van der Waals surface area contributed by atoms with E-state index in [-0.39, 0.29) is 5.97 Å². The SMILES string of the molecule is COC(=O)C1(Cc2cc3cc(Br)ccc3o2)CCCCC1. The molecule has 1 aliphatic rings. The molecular weight excluding hydrogens is 332 g/mol. The van der Waals surface area contributed by atoms with E-state index in [1.165, 1.54) is 13.5 Å². The molecule has 0 N–H and O–H groups in total. The molecule has 0 atom stereocenters. The summed E-state index contributed by atoms with van der Waals surface area (Å²) >= 11 is 3.47. The van der Waals surface area contributed by atoms with E-state index in [9.17, 15) is 4.79 Å². The van der Waals surface area contributed by atoms with Gasteiger partial charge in [0.25, 0.3) is 0 Å². The highest BCUT2D eigenvalue weighted by atomic mass is 79.9. The first-order valence-electron chi connectivity index (χ1n) is 7.39. The van der Waals surface area contributed by atoms with Crippen molar-refractivity contribution >= 4 is 32.9 Å². The van der Waals surface area contributed by atoms with Crippen LogP contribution in [0.15, 0.2) is 33.2 Å². The Morgan fingerprint density at radius 3 is 2.76 bits per heavy atom. The lowest BCUT2D eigenvalue weighted by Crippen LogP contribution is -2.36. The largest absolute Gasteiger partial charge is 0.469 e. The fourth-order valence-electron chi connectivity index (χ4n) is 3.39. The van der Waals surface area contributed by atoms with Crippen molar-refractivity contribution in [3.63, 3.8) is 0 Å². The average molecular weight is 351 g/mol. The number of rotatable bonds is 3. The molecule has 0 aliphatic heterocycles. The molecule has 1 fully saturated rings. The fraction of sp³-hybridized carbons (Fsp3) is 0.471. The number of halogens is 1. The van der Waals surface area contributed by atoms with Crippen LogP contribution in [0.4, 0.5) is 0 Å². The Morgan fingerprint density at radius 1 is 1.29 bits per heavy atom.